The first-order valence-corrected chi connectivity index (χ1v) is 7.29. The van der Waals surface area contributed by atoms with E-state index >= 15 is 0 Å². The molecule has 0 aromatic carbocycles. The topological polar surface area (TPSA) is 20.2 Å². The standard InChI is InChI=1S/C14H22OS/c1-3-11-6-8-12(9-7-11)14(2,15)13-5-4-10-16-13/h4-5,10-12,15H,3,6-9H2,1-2H3. The third-order valence-electron chi connectivity index (χ3n) is 4.24. The van der Waals surface area contributed by atoms with Crippen LogP contribution in [0.3, 0.4) is 0 Å². The molecule has 1 unspecified atom stereocenters. The first-order valence-electron chi connectivity index (χ1n) is 6.41. The molecule has 1 aliphatic rings. The second kappa shape index (κ2) is 4.89. The van der Waals surface area contributed by atoms with Crippen molar-refractivity contribution < 1.29 is 5.11 Å². The molecular formula is C14H22OS. The molecule has 0 amide bonds. The molecule has 1 fully saturated rings. The lowest BCUT2D eigenvalue weighted by Gasteiger charge is -2.37. The fraction of sp³-hybridized carbons (Fsp3) is 0.714. The molecule has 0 saturated heterocycles. The summed E-state index contributed by atoms with van der Waals surface area (Å²) in [5.74, 6) is 1.35. The lowest BCUT2D eigenvalue weighted by molar-refractivity contribution is -0.0245. The molecule has 2 rings (SSSR count). The Bertz CT molecular complexity index is 307. The van der Waals surface area contributed by atoms with E-state index in [2.05, 4.69) is 18.4 Å². The molecule has 0 spiro atoms. The van der Waals surface area contributed by atoms with E-state index in [1.807, 2.05) is 13.0 Å². The Balaban J connectivity index is 2.03. The maximum absolute atomic E-state index is 10.7. The van der Waals surface area contributed by atoms with Crippen molar-refractivity contribution in [3.8, 4) is 0 Å². The first kappa shape index (κ1) is 12.1. The summed E-state index contributed by atoms with van der Waals surface area (Å²) >= 11 is 1.68. The molecule has 0 bridgehead atoms. The van der Waals surface area contributed by atoms with Crippen molar-refractivity contribution in [2.45, 2.75) is 51.6 Å². The Labute approximate surface area is 103 Å². The summed E-state index contributed by atoms with van der Waals surface area (Å²) in [5, 5.41) is 12.7. The molecule has 1 saturated carbocycles. The van der Waals surface area contributed by atoms with Gasteiger partial charge >= 0.3 is 0 Å². The molecule has 0 radical (unpaired) electrons. The van der Waals surface area contributed by atoms with Crippen molar-refractivity contribution in [1.82, 2.24) is 0 Å². The lowest BCUT2D eigenvalue weighted by Crippen LogP contribution is -2.33. The Hall–Kier alpha value is -0.340. The van der Waals surface area contributed by atoms with E-state index in [1.54, 1.807) is 11.3 Å². The lowest BCUT2D eigenvalue weighted by atomic mass is 9.73. The maximum atomic E-state index is 10.7. The number of aliphatic hydroxyl groups is 1. The number of thiophene rings is 1. The number of hydrogen-bond donors (Lipinski definition) is 1. The van der Waals surface area contributed by atoms with Crippen molar-refractivity contribution in [3.05, 3.63) is 22.4 Å². The third-order valence-corrected chi connectivity index (χ3v) is 5.34. The molecule has 1 aliphatic carbocycles. The van der Waals surface area contributed by atoms with E-state index in [0.717, 1.165) is 10.8 Å². The SMILES string of the molecule is CCC1CCC(C(C)(O)c2cccs2)CC1. The highest BCUT2D eigenvalue weighted by molar-refractivity contribution is 7.10. The number of hydrogen-bond acceptors (Lipinski definition) is 2. The molecule has 1 nitrogen and oxygen atoms in total. The summed E-state index contributed by atoms with van der Waals surface area (Å²) in [6.07, 6.45) is 6.26. The summed E-state index contributed by atoms with van der Waals surface area (Å²) in [5.41, 5.74) is -0.604. The van der Waals surface area contributed by atoms with E-state index in [0.29, 0.717) is 5.92 Å². The Morgan fingerprint density at radius 3 is 2.56 bits per heavy atom. The smallest absolute Gasteiger partial charge is 0.0987 e. The van der Waals surface area contributed by atoms with E-state index in [1.165, 1.54) is 32.1 Å². The van der Waals surface area contributed by atoms with Gasteiger partial charge in [-0.25, -0.2) is 0 Å². The van der Waals surface area contributed by atoms with Gasteiger partial charge in [-0.05, 0) is 43.0 Å². The molecular weight excluding hydrogens is 216 g/mol. The van der Waals surface area contributed by atoms with Crippen LogP contribution >= 0.6 is 11.3 Å². The zero-order valence-corrected chi connectivity index (χ0v) is 11.1. The second-order valence-corrected chi connectivity index (χ2v) is 6.20. The minimum absolute atomic E-state index is 0.453. The fourth-order valence-electron chi connectivity index (χ4n) is 2.90. The molecule has 1 heterocycles. The van der Waals surface area contributed by atoms with Crippen LogP contribution in [-0.4, -0.2) is 5.11 Å². The predicted octanol–water partition coefficient (Wildman–Crippen LogP) is 4.17. The van der Waals surface area contributed by atoms with Gasteiger partial charge in [0.05, 0.1) is 5.60 Å². The van der Waals surface area contributed by atoms with Crippen LogP contribution in [0.2, 0.25) is 0 Å². The summed E-state index contributed by atoms with van der Waals surface area (Å²) in [4.78, 5) is 1.13. The molecule has 0 aliphatic heterocycles. The average Bonchev–Trinajstić information content (AvgIpc) is 2.83. The van der Waals surface area contributed by atoms with Gasteiger partial charge in [-0.1, -0.05) is 32.3 Å². The van der Waals surface area contributed by atoms with Crippen LogP contribution in [0.15, 0.2) is 17.5 Å². The molecule has 90 valence electrons. The van der Waals surface area contributed by atoms with Crippen molar-refractivity contribution in [2.24, 2.45) is 11.8 Å². The minimum atomic E-state index is -0.604. The van der Waals surface area contributed by atoms with Gasteiger partial charge in [0.1, 0.15) is 0 Å². The number of rotatable bonds is 3. The predicted molar refractivity (Wildman–Crippen MR) is 69.6 cm³/mol. The van der Waals surface area contributed by atoms with Gasteiger partial charge in [-0.2, -0.15) is 0 Å². The highest BCUT2D eigenvalue weighted by Crippen LogP contribution is 2.42. The second-order valence-electron chi connectivity index (χ2n) is 5.25. The van der Waals surface area contributed by atoms with Crippen molar-refractivity contribution >= 4 is 11.3 Å². The summed E-state index contributed by atoms with van der Waals surface area (Å²) < 4.78 is 0. The largest absolute Gasteiger partial charge is 0.384 e. The minimum Gasteiger partial charge on any atom is -0.384 e. The van der Waals surface area contributed by atoms with Gasteiger partial charge < -0.3 is 5.11 Å². The van der Waals surface area contributed by atoms with Crippen LogP contribution in [0.5, 0.6) is 0 Å². The maximum Gasteiger partial charge on any atom is 0.0987 e. The van der Waals surface area contributed by atoms with Crippen molar-refractivity contribution in [1.29, 1.82) is 0 Å². The normalized spacial score (nSPS) is 29.9. The monoisotopic (exact) mass is 238 g/mol. The van der Waals surface area contributed by atoms with Gasteiger partial charge in [0.25, 0.3) is 0 Å². The van der Waals surface area contributed by atoms with E-state index in [9.17, 15) is 5.11 Å². The summed E-state index contributed by atoms with van der Waals surface area (Å²) in [7, 11) is 0. The third kappa shape index (κ3) is 2.33. The molecule has 2 heteroatoms. The van der Waals surface area contributed by atoms with Gasteiger partial charge in [-0.15, -0.1) is 11.3 Å². The fourth-order valence-corrected chi connectivity index (χ4v) is 3.77. The zero-order chi connectivity index (χ0) is 11.6. The zero-order valence-electron chi connectivity index (χ0n) is 10.3. The average molecular weight is 238 g/mol. The molecule has 1 atom stereocenters. The van der Waals surface area contributed by atoms with Crippen molar-refractivity contribution in [2.75, 3.05) is 0 Å². The molecule has 16 heavy (non-hydrogen) atoms. The van der Waals surface area contributed by atoms with Crippen LogP contribution in [-0.2, 0) is 5.60 Å². The Morgan fingerprint density at radius 2 is 2.06 bits per heavy atom. The van der Waals surface area contributed by atoms with Gasteiger partial charge in [0, 0.05) is 4.88 Å². The highest BCUT2D eigenvalue weighted by atomic mass is 32.1. The van der Waals surface area contributed by atoms with Gasteiger partial charge in [0.2, 0.25) is 0 Å². The van der Waals surface area contributed by atoms with E-state index in [-0.39, 0.29) is 0 Å². The van der Waals surface area contributed by atoms with E-state index < -0.39 is 5.60 Å². The van der Waals surface area contributed by atoms with Crippen LogP contribution in [0.25, 0.3) is 0 Å². The first-order chi connectivity index (χ1) is 7.64. The molecule has 1 N–H and O–H groups in total. The summed E-state index contributed by atoms with van der Waals surface area (Å²) in [6, 6.07) is 4.10. The van der Waals surface area contributed by atoms with Gasteiger partial charge in [-0.3, -0.25) is 0 Å². The van der Waals surface area contributed by atoms with Crippen molar-refractivity contribution in [3.63, 3.8) is 0 Å². The van der Waals surface area contributed by atoms with E-state index in [4.69, 9.17) is 0 Å². The summed E-state index contributed by atoms with van der Waals surface area (Å²) in [6.45, 7) is 4.28. The van der Waals surface area contributed by atoms with Crippen LogP contribution < -0.4 is 0 Å². The Morgan fingerprint density at radius 1 is 1.38 bits per heavy atom. The van der Waals surface area contributed by atoms with Crippen LogP contribution in [0, 0.1) is 11.8 Å². The van der Waals surface area contributed by atoms with Crippen LogP contribution in [0.1, 0.15) is 50.8 Å². The highest BCUT2D eigenvalue weighted by Gasteiger charge is 2.36. The quantitative estimate of drug-likeness (QED) is 0.838. The molecule has 1 aromatic heterocycles. The van der Waals surface area contributed by atoms with Crippen LogP contribution in [0.4, 0.5) is 0 Å². The molecule has 1 aromatic rings. The Kier molecular flexibility index (Phi) is 3.70. The van der Waals surface area contributed by atoms with Gasteiger partial charge in [0.15, 0.2) is 0 Å².